The van der Waals surface area contributed by atoms with Crippen LogP contribution in [0, 0.1) is 0 Å². The van der Waals surface area contributed by atoms with E-state index in [0.717, 1.165) is 22.0 Å². The molecule has 0 spiro atoms. The Morgan fingerprint density at radius 3 is 2.71 bits per heavy atom. The maximum atomic E-state index is 9.87. The molecule has 4 rings (SSSR count). The van der Waals surface area contributed by atoms with Crippen LogP contribution in [0.5, 0.6) is 5.75 Å². The first-order chi connectivity index (χ1) is 11.7. The van der Waals surface area contributed by atoms with Gasteiger partial charge in [0.2, 0.25) is 0 Å². The molecule has 0 bridgehead atoms. The lowest BCUT2D eigenvalue weighted by Crippen LogP contribution is -1.94. The van der Waals surface area contributed by atoms with Crippen LogP contribution in [0.15, 0.2) is 60.8 Å². The Morgan fingerprint density at radius 1 is 1.00 bits per heavy atom. The smallest absolute Gasteiger partial charge is 0.153 e. The first-order valence-corrected chi connectivity index (χ1v) is 7.46. The van der Waals surface area contributed by atoms with E-state index in [-0.39, 0.29) is 5.75 Å². The minimum Gasteiger partial charge on any atom is -0.506 e. The predicted molar refractivity (Wildman–Crippen MR) is 95.1 cm³/mol. The molecular weight excluding hydrogens is 302 g/mol. The number of hydrogen-bond donors (Lipinski definition) is 4. The molecule has 6 heteroatoms. The fraction of sp³-hybridized carbons (Fsp3) is 0. The van der Waals surface area contributed by atoms with Gasteiger partial charge in [0.1, 0.15) is 11.6 Å². The Morgan fingerprint density at radius 2 is 1.83 bits per heavy atom. The summed E-state index contributed by atoms with van der Waals surface area (Å²) in [5, 5.41) is 20.8. The number of aromatic nitrogens is 3. The van der Waals surface area contributed by atoms with Crippen molar-refractivity contribution in [3.8, 4) is 16.9 Å². The van der Waals surface area contributed by atoms with E-state index >= 15 is 0 Å². The molecule has 0 unspecified atom stereocenters. The number of nitrogens with two attached hydrogens (primary N) is 1. The van der Waals surface area contributed by atoms with Crippen molar-refractivity contribution in [2.24, 2.45) is 0 Å². The van der Waals surface area contributed by atoms with Crippen molar-refractivity contribution in [3.63, 3.8) is 0 Å². The molecule has 0 aliphatic carbocycles. The van der Waals surface area contributed by atoms with Gasteiger partial charge in [-0.1, -0.05) is 18.2 Å². The minimum absolute atomic E-state index is 0.178. The number of hydrogen-bond acceptors (Lipinski definition) is 5. The molecule has 0 aliphatic rings. The maximum Gasteiger partial charge on any atom is 0.153 e. The molecule has 2 aromatic carbocycles. The van der Waals surface area contributed by atoms with E-state index in [0.29, 0.717) is 17.3 Å². The highest BCUT2D eigenvalue weighted by atomic mass is 16.3. The predicted octanol–water partition coefficient (Wildman–Crippen LogP) is 3.66. The summed E-state index contributed by atoms with van der Waals surface area (Å²) < 4.78 is 0. The number of anilines is 3. The molecule has 4 aromatic rings. The number of benzene rings is 2. The van der Waals surface area contributed by atoms with Crippen LogP contribution in [-0.4, -0.2) is 20.3 Å². The third-order valence-corrected chi connectivity index (χ3v) is 3.85. The first-order valence-electron chi connectivity index (χ1n) is 7.46. The van der Waals surface area contributed by atoms with Crippen LogP contribution >= 0.6 is 0 Å². The van der Waals surface area contributed by atoms with Crippen molar-refractivity contribution in [2.45, 2.75) is 0 Å². The van der Waals surface area contributed by atoms with E-state index in [1.54, 1.807) is 24.4 Å². The molecule has 0 radical (unpaired) electrons. The van der Waals surface area contributed by atoms with E-state index in [9.17, 15) is 5.11 Å². The number of nitrogens with one attached hydrogen (secondary N) is 2. The second-order valence-corrected chi connectivity index (χ2v) is 5.44. The summed E-state index contributed by atoms with van der Waals surface area (Å²) in [6.45, 7) is 0. The number of fused-ring (bicyclic) bond motifs is 1. The summed E-state index contributed by atoms with van der Waals surface area (Å²) in [6.07, 6.45) is 1.72. The minimum atomic E-state index is 0.178. The summed E-state index contributed by atoms with van der Waals surface area (Å²) in [4.78, 5) is 4.31. The SMILES string of the molecule is Nc1n[nH]c2ccc(-c3ccnc(Nc4ccccc4O)c3)cc12. The average Bonchev–Trinajstić information content (AvgIpc) is 2.98. The van der Waals surface area contributed by atoms with Gasteiger partial charge in [-0.3, -0.25) is 5.10 Å². The quantitative estimate of drug-likeness (QED) is 0.432. The third kappa shape index (κ3) is 2.50. The normalized spacial score (nSPS) is 10.8. The lowest BCUT2D eigenvalue weighted by Gasteiger charge is -2.09. The van der Waals surface area contributed by atoms with Crippen molar-refractivity contribution in [1.29, 1.82) is 0 Å². The van der Waals surface area contributed by atoms with Crippen LogP contribution in [0.4, 0.5) is 17.3 Å². The number of nitrogen functional groups attached to an aromatic ring is 1. The number of aromatic amines is 1. The zero-order chi connectivity index (χ0) is 16.5. The molecule has 24 heavy (non-hydrogen) atoms. The van der Waals surface area contributed by atoms with Gasteiger partial charge < -0.3 is 16.2 Å². The number of pyridine rings is 1. The summed E-state index contributed by atoms with van der Waals surface area (Å²) >= 11 is 0. The fourth-order valence-electron chi connectivity index (χ4n) is 2.61. The Labute approximate surface area is 138 Å². The zero-order valence-electron chi connectivity index (χ0n) is 12.7. The summed E-state index contributed by atoms with van der Waals surface area (Å²) in [5.74, 6) is 1.31. The first kappa shape index (κ1) is 14.1. The van der Waals surface area contributed by atoms with Crippen LogP contribution in [0.1, 0.15) is 0 Å². The van der Waals surface area contributed by atoms with Crippen LogP contribution in [0.3, 0.4) is 0 Å². The number of aromatic hydroxyl groups is 1. The van der Waals surface area contributed by atoms with Gasteiger partial charge in [0.25, 0.3) is 0 Å². The second kappa shape index (κ2) is 5.58. The summed E-state index contributed by atoms with van der Waals surface area (Å²) in [5.41, 5.74) is 9.39. The van der Waals surface area contributed by atoms with Crippen molar-refractivity contribution in [3.05, 3.63) is 60.8 Å². The standard InChI is InChI=1S/C18H15N5O/c19-18-13-9-11(5-6-14(13)22-23-18)12-7-8-20-17(10-12)21-15-3-1-2-4-16(15)24/h1-10,24H,(H,20,21)(H3,19,22,23). The Balaban J connectivity index is 1.71. The van der Waals surface area contributed by atoms with Crippen molar-refractivity contribution in [1.82, 2.24) is 15.2 Å². The van der Waals surface area contributed by atoms with Gasteiger partial charge in [0.05, 0.1) is 11.2 Å². The lowest BCUT2D eigenvalue weighted by molar-refractivity contribution is 0.477. The number of nitrogens with zero attached hydrogens (tertiary/aromatic N) is 2. The number of phenols is 1. The monoisotopic (exact) mass is 317 g/mol. The second-order valence-electron chi connectivity index (χ2n) is 5.44. The highest BCUT2D eigenvalue weighted by Gasteiger charge is 2.07. The Bertz CT molecular complexity index is 1020. The highest BCUT2D eigenvalue weighted by Crippen LogP contribution is 2.29. The van der Waals surface area contributed by atoms with Crippen LogP contribution in [0.2, 0.25) is 0 Å². The fourth-order valence-corrected chi connectivity index (χ4v) is 2.61. The molecule has 0 saturated heterocycles. The third-order valence-electron chi connectivity index (χ3n) is 3.85. The highest BCUT2D eigenvalue weighted by molar-refractivity contribution is 5.92. The van der Waals surface area contributed by atoms with Crippen LogP contribution in [-0.2, 0) is 0 Å². The van der Waals surface area contributed by atoms with Crippen molar-refractivity contribution >= 4 is 28.2 Å². The summed E-state index contributed by atoms with van der Waals surface area (Å²) in [6, 6.07) is 16.8. The molecule has 0 aliphatic heterocycles. The molecule has 0 amide bonds. The van der Waals surface area contributed by atoms with E-state index in [4.69, 9.17) is 5.73 Å². The maximum absolute atomic E-state index is 9.87. The topological polar surface area (TPSA) is 99.9 Å². The van der Waals surface area contributed by atoms with Gasteiger partial charge in [-0.2, -0.15) is 5.10 Å². The molecule has 5 N–H and O–H groups in total. The number of rotatable bonds is 3. The Kier molecular flexibility index (Phi) is 3.28. The molecule has 2 aromatic heterocycles. The van der Waals surface area contributed by atoms with Gasteiger partial charge in [-0.05, 0) is 47.5 Å². The van der Waals surface area contributed by atoms with Crippen molar-refractivity contribution < 1.29 is 5.11 Å². The lowest BCUT2D eigenvalue weighted by atomic mass is 10.0. The van der Waals surface area contributed by atoms with E-state index in [2.05, 4.69) is 20.5 Å². The van der Waals surface area contributed by atoms with Crippen LogP contribution in [0.25, 0.3) is 22.0 Å². The van der Waals surface area contributed by atoms with Gasteiger partial charge in [0.15, 0.2) is 5.82 Å². The van der Waals surface area contributed by atoms with Gasteiger partial charge >= 0.3 is 0 Å². The number of para-hydroxylation sites is 2. The largest absolute Gasteiger partial charge is 0.506 e. The molecule has 6 nitrogen and oxygen atoms in total. The van der Waals surface area contributed by atoms with Crippen molar-refractivity contribution in [2.75, 3.05) is 11.1 Å². The van der Waals surface area contributed by atoms with Gasteiger partial charge in [-0.15, -0.1) is 0 Å². The molecule has 0 fully saturated rings. The number of phenolic OH excluding ortho intramolecular Hbond substituents is 1. The average molecular weight is 317 g/mol. The molecule has 2 heterocycles. The molecular formula is C18H15N5O. The van der Waals surface area contributed by atoms with Crippen LogP contribution < -0.4 is 11.1 Å². The van der Waals surface area contributed by atoms with E-state index < -0.39 is 0 Å². The molecule has 0 saturated carbocycles. The molecule has 118 valence electrons. The Hall–Kier alpha value is -3.54. The number of H-pyrrole nitrogens is 1. The zero-order valence-corrected chi connectivity index (χ0v) is 12.7. The summed E-state index contributed by atoms with van der Waals surface area (Å²) in [7, 11) is 0. The van der Waals surface area contributed by atoms with E-state index in [1.165, 1.54) is 0 Å². The van der Waals surface area contributed by atoms with Gasteiger partial charge in [-0.25, -0.2) is 4.98 Å². The van der Waals surface area contributed by atoms with E-state index in [1.807, 2.05) is 36.4 Å². The van der Waals surface area contributed by atoms with Gasteiger partial charge in [0, 0.05) is 11.6 Å². The molecule has 0 atom stereocenters.